The zero-order chi connectivity index (χ0) is 19.2. The summed E-state index contributed by atoms with van der Waals surface area (Å²) in [6.07, 6.45) is 1.20. The third-order valence-electron chi connectivity index (χ3n) is 4.19. The van der Waals surface area contributed by atoms with Crippen LogP contribution in [0.1, 0.15) is 46.1 Å². The predicted molar refractivity (Wildman–Crippen MR) is 99.7 cm³/mol. The van der Waals surface area contributed by atoms with Crippen LogP contribution in [0.3, 0.4) is 0 Å². The zero-order valence-corrected chi connectivity index (χ0v) is 16.2. The number of amides is 2. The Balaban J connectivity index is 1.72. The highest BCUT2D eigenvalue weighted by molar-refractivity contribution is 5.85. The highest BCUT2D eigenvalue weighted by Gasteiger charge is 2.28. The number of hydrogen-bond acceptors (Lipinski definition) is 4. The first kappa shape index (κ1) is 20.2. The van der Waals surface area contributed by atoms with E-state index in [1.807, 2.05) is 30.3 Å². The van der Waals surface area contributed by atoms with Crippen molar-refractivity contribution in [2.45, 2.75) is 64.9 Å². The highest BCUT2D eigenvalue weighted by Crippen LogP contribution is 2.16. The summed E-state index contributed by atoms with van der Waals surface area (Å²) in [6, 6.07) is 9.47. The lowest BCUT2D eigenvalue weighted by Gasteiger charge is -2.33. The fraction of sp³-hybridized carbons (Fsp3) is 0.600. The van der Waals surface area contributed by atoms with E-state index in [-0.39, 0.29) is 12.0 Å². The summed E-state index contributed by atoms with van der Waals surface area (Å²) in [5, 5.41) is 2.61. The number of carbonyl (C=O) groups is 2. The molecule has 1 heterocycles. The second-order valence-electron chi connectivity index (χ2n) is 7.69. The van der Waals surface area contributed by atoms with Gasteiger partial charge >= 0.3 is 6.09 Å². The lowest BCUT2D eigenvalue weighted by Crippen LogP contribution is -2.50. The summed E-state index contributed by atoms with van der Waals surface area (Å²) in [5.74, 6) is -0.0858. The summed E-state index contributed by atoms with van der Waals surface area (Å²) in [7, 11) is 0. The van der Waals surface area contributed by atoms with Gasteiger partial charge in [0.2, 0.25) is 5.91 Å². The molecule has 1 aromatic rings. The Labute approximate surface area is 155 Å². The Morgan fingerprint density at radius 2 is 1.81 bits per heavy atom. The predicted octanol–water partition coefficient (Wildman–Crippen LogP) is 3.11. The van der Waals surface area contributed by atoms with Crippen LogP contribution in [-0.4, -0.2) is 47.7 Å². The monoisotopic (exact) mass is 362 g/mol. The van der Waals surface area contributed by atoms with Crippen molar-refractivity contribution in [1.82, 2.24) is 10.2 Å². The van der Waals surface area contributed by atoms with Gasteiger partial charge < -0.3 is 19.7 Å². The smallest absolute Gasteiger partial charge is 0.408 e. The van der Waals surface area contributed by atoms with Crippen molar-refractivity contribution in [2.24, 2.45) is 0 Å². The molecule has 2 rings (SSSR count). The van der Waals surface area contributed by atoms with Gasteiger partial charge in [0.25, 0.3) is 0 Å². The van der Waals surface area contributed by atoms with E-state index in [1.54, 1.807) is 32.6 Å². The van der Waals surface area contributed by atoms with E-state index < -0.39 is 17.7 Å². The Morgan fingerprint density at radius 1 is 1.19 bits per heavy atom. The van der Waals surface area contributed by atoms with Crippen molar-refractivity contribution >= 4 is 12.0 Å². The van der Waals surface area contributed by atoms with Crippen molar-refractivity contribution in [2.75, 3.05) is 13.1 Å². The van der Waals surface area contributed by atoms with Gasteiger partial charge in [0.15, 0.2) is 0 Å². The fourth-order valence-corrected chi connectivity index (χ4v) is 2.85. The molecule has 1 atom stereocenters. The van der Waals surface area contributed by atoms with Crippen LogP contribution >= 0.6 is 0 Å². The molecular weight excluding hydrogens is 332 g/mol. The molecule has 0 spiro atoms. The minimum absolute atomic E-state index is 0.0858. The lowest BCUT2D eigenvalue weighted by atomic mass is 10.1. The SMILES string of the molecule is CC(NC(=O)OC(C)(C)C)C(=O)N1CCC(OCc2ccccc2)CC1. The maximum atomic E-state index is 12.5. The van der Waals surface area contributed by atoms with Crippen LogP contribution in [0.15, 0.2) is 30.3 Å². The first-order valence-corrected chi connectivity index (χ1v) is 9.18. The fourth-order valence-electron chi connectivity index (χ4n) is 2.85. The van der Waals surface area contributed by atoms with Gasteiger partial charge in [0, 0.05) is 13.1 Å². The molecule has 1 aromatic carbocycles. The van der Waals surface area contributed by atoms with Crippen LogP contribution in [0.25, 0.3) is 0 Å². The normalized spacial score (nSPS) is 16.8. The number of benzene rings is 1. The molecule has 6 nitrogen and oxygen atoms in total. The molecule has 1 unspecified atom stereocenters. The van der Waals surface area contributed by atoms with Crippen molar-refractivity contribution in [3.63, 3.8) is 0 Å². The molecule has 6 heteroatoms. The summed E-state index contributed by atoms with van der Waals surface area (Å²) >= 11 is 0. The number of rotatable bonds is 5. The summed E-state index contributed by atoms with van der Waals surface area (Å²) in [4.78, 5) is 26.1. The molecule has 1 fully saturated rings. The number of alkyl carbamates (subject to hydrolysis) is 1. The number of nitrogens with zero attached hydrogens (tertiary/aromatic N) is 1. The average molecular weight is 362 g/mol. The van der Waals surface area contributed by atoms with E-state index in [1.165, 1.54) is 0 Å². The maximum Gasteiger partial charge on any atom is 0.408 e. The summed E-state index contributed by atoms with van der Waals surface area (Å²) in [6.45, 7) is 8.93. The van der Waals surface area contributed by atoms with Crippen LogP contribution in [0, 0.1) is 0 Å². The Hall–Kier alpha value is -2.08. The molecule has 144 valence electrons. The van der Waals surface area contributed by atoms with E-state index >= 15 is 0 Å². The minimum Gasteiger partial charge on any atom is -0.444 e. The molecule has 2 amide bonds. The second-order valence-corrected chi connectivity index (χ2v) is 7.69. The molecular formula is C20H30N2O4. The first-order valence-electron chi connectivity index (χ1n) is 9.18. The number of piperidine rings is 1. The van der Waals surface area contributed by atoms with E-state index in [0.717, 1.165) is 18.4 Å². The van der Waals surface area contributed by atoms with E-state index in [2.05, 4.69) is 5.32 Å². The molecule has 0 saturated carbocycles. The Bertz CT molecular complexity index is 590. The van der Waals surface area contributed by atoms with Crippen LogP contribution in [0.2, 0.25) is 0 Å². The Morgan fingerprint density at radius 3 is 2.38 bits per heavy atom. The van der Waals surface area contributed by atoms with Gasteiger partial charge in [0.1, 0.15) is 11.6 Å². The standard InChI is InChI=1S/C20H30N2O4/c1-15(21-19(24)26-20(2,3)4)18(23)22-12-10-17(11-13-22)25-14-16-8-6-5-7-9-16/h5-9,15,17H,10-14H2,1-4H3,(H,21,24). The minimum atomic E-state index is -0.605. The van der Waals surface area contributed by atoms with Gasteiger partial charge in [-0.3, -0.25) is 4.79 Å². The lowest BCUT2D eigenvalue weighted by molar-refractivity contribution is -0.135. The van der Waals surface area contributed by atoms with Crippen LogP contribution in [0.4, 0.5) is 4.79 Å². The van der Waals surface area contributed by atoms with Gasteiger partial charge in [0.05, 0.1) is 12.7 Å². The van der Waals surface area contributed by atoms with Crippen LogP contribution in [0.5, 0.6) is 0 Å². The molecule has 0 aliphatic carbocycles. The van der Waals surface area contributed by atoms with Gasteiger partial charge in [-0.2, -0.15) is 0 Å². The van der Waals surface area contributed by atoms with Gasteiger partial charge in [-0.05, 0) is 46.1 Å². The van der Waals surface area contributed by atoms with Crippen LogP contribution < -0.4 is 5.32 Å². The molecule has 0 bridgehead atoms. The van der Waals surface area contributed by atoms with Crippen molar-refractivity contribution in [3.8, 4) is 0 Å². The molecule has 0 aromatic heterocycles. The molecule has 0 radical (unpaired) electrons. The Kier molecular flexibility index (Phi) is 7.03. The quantitative estimate of drug-likeness (QED) is 0.874. The van der Waals surface area contributed by atoms with Crippen molar-refractivity contribution in [3.05, 3.63) is 35.9 Å². The zero-order valence-electron chi connectivity index (χ0n) is 16.2. The largest absolute Gasteiger partial charge is 0.444 e. The topological polar surface area (TPSA) is 67.9 Å². The number of hydrogen-bond donors (Lipinski definition) is 1. The second kappa shape index (κ2) is 9.03. The summed E-state index contributed by atoms with van der Waals surface area (Å²) in [5.41, 5.74) is 0.572. The van der Waals surface area contributed by atoms with E-state index in [0.29, 0.717) is 19.7 Å². The number of likely N-dealkylation sites (tertiary alicyclic amines) is 1. The van der Waals surface area contributed by atoms with E-state index in [9.17, 15) is 9.59 Å². The third kappa shape index (κ3) is 6.67. The number of ether oxygens (including phenoxy) is 2. The molecule has 1 saturated heterocycles. The van der Waals surface area contributed by atoms with E-state index in [4.69, 9.17) is 9.47 Å². The van der Waals surface area contributed by atoms with Gasteiger partial charge in [-0.15, -0.1) is 0 Å². The van der Waals surface area contributed by atoms with Crippen molar-refractivity contribution < 1.29 is 19.1 Å². The van der Waals surface area contributed by atoms with Crippen molar-refractivity contribution in [1.29, 1.82) is 0 Å². The maximum absolute atomic E-state index is 12.5. The molecule has 1 N–H and O–H groups in total. The molecule has 1 aliphatic heterocycles. The number of carbonyl (C=O) groups excluding carboxylic acids is 2. The van der Waals surface area contributed by atoms with Crippen LogP contribution in [-0.2, 0) is 20.9 Å². The van der Waals surface area contributed by atoms with Gasteiger partial charge in [-0.1, -0.05) is 30.3 Å². The third-order valence-corrected chi connectivity index (χ3v) is 4.19. The summed E-state index contributed by atoms with van der Waals surface area (Å²) < 4.78 is 11.1. The number of nitrogens with one attached hydrogen (secondary N) is 1. The first-order chi connectivity index (χ1) is 12.2. The van der Waals surface area contributed by atoms with Gasteiger partial charge in [-0.25, -0.2) is 4.79 Å². The molecule has 1 aliphatic rings. The average Bonchev–Trinajstić information content (AvgIpc) is 2.59. The highest BCUT2D eigenvalue weighted by atomic mass is 16.6. The molecule has 26 heavy (non-hydrogen) atoms.